The standard InChI is InChI=1S/C40H84N2O4/c1-5-7-9-11-13-15-17-19-21-23-25-27-29-41(30-28-26-24-22-20-18-16-14-12-10-8-6-2)31-32-42(33-35-45-39-37-43-3)34-36-46-40-38-44-4/h5-40H2,1-4H3. The summed E-state index contributed by atoms with van der Waals surface area (Å²) >= 11 is 0. The molecule has 0 saturated heterocycles. The minimum Gasteiger partial charge on any atom is -0.382 e. The zero-order chi connectivity index (χ0) is 33.4. The molecule has 0 amide bonds. The lowest BCUT2D eigenvalue weighted by molar-refractivity contribution is 0.0359. The van der Waals surface area contributed by atoms with Gasteiger partial charge in [-0.15, -0.1) is 0 Å². The number of hydrogen-bond donors (Lipinski definition) is 0. The summed E-state index contributed by atoms with van der Waals surface area (Å²) in [5.41, 5.74) is 0. The maximum Gasteiger partial charge on any atom is 0.0700 e. The Morgan fingerprint density at radius 2 is 0.565 bits per heavy atom. The Kier molecular flexibility index (Phi) is 40.7. The van der Waals surface area contributed by atoms with Crippen molar-refractivity contribution in [2.24, 2.45) is 0 Å². The Morgan fingerprint density at radius 1 is 0.283 bits per heavy atom. The molecule has 0 aromatic carbocycles. The molecule has 0 heterocycles. The molecule has 46 heavy (non-hydrogen) atoms. The molecule has 0 N–H and O–H groups in total. The van der Waals surface area contributed by atoms with Crippen LogP contribution in [-0.4, -0.2) is 103 Å². The Hall–Kier alpha value is -0.240. The van der Waals surface area contributed by atoms with Gasteiger partial charge >= 0.3 is 0 Å². The SMILES string of the molecule is CCCCCCCCCCCCCCN(CCCCCCCCCCCCCC)CCN(CCOCCOC)CCOCCOC. The van der Waals surface area contributed by atoms with Gasteiger partial charge in [0.25, 0.3) is 0 Å². The molecule has 0 atom stereocenters. The number of hydrogen-bond acceptors (Lipinski definition) is 6. The van der Waals surface area contributed by atoms with E-state index in [9.17, 15) is 0 Å². The summed E-state index contributed by atoms with van der Waals surface area (Å²) < 4.78 is 21.9. The van der Waals surface area contributed by atoms with Crippen molar-refractivity contribution in [2.45, 2.75) is 168 Å². The van der Waals surface area contributed by atoms with Gasteiger partial charge in [-0.1, -0.05) is 155 Å². The monoisotopic (exact) mass is 657 g/mol. The fourth-order valence-electron chi connectivity index (χ4n) is 6.18. The summed E-state index contributed by atoms with van der Waals surface area (Å²) in [5, 5.41) is 0. The molecule has 0 aliphatic rings. The average Bonchev–Trinajstić information content (AvgIpc) is 3.07. The number of rotatable bonds is 41. The third-order valence-corrected chi connectivity index (χ3v) is 9.36. The van der Waals surface area contributed by atoms with Crippen molar-refractivity contribution in [2.75, 3.05) is 93.1 Å². The van der Waals surface area contributed by atoms with Crippen LogP contribution < -0.4 is 0 Å². The normalized spacial score (nSPS) is 11.9. The van der Waals surface area contributed by atoms with Gasteiger partial charge in [-0.2, -0.15) is 0 Å². The van der Waals surface area contributed by atoms with Crippen molar-refractivity contribution >= 4 is 0 Å². The summed E-state index contributed by atoms with van der Waals surface area (Å²) in [7, 11) is 3.46. The highest BCUT2D eigenvalue weighted by molar-refractivity contribution is 4.65. The van der Waals surface area contributed by atoms with E-state index in [2.05, 4.69) is 23.6 Å². The molecule has 6 heteroatoms. The number of ether oxygens (including phenoxy) is 4. The molecule has 0 unspecified atom stereocenters. The molecular weight excluding hydrogens is 572 g/mol. The van der Waals surface area contributed by atoms with Gasteiger partial charge in [0.1, 0.15) is 0 Å². The van der Waals surface area contributed by atoms with Gasteiger partial charge in [0.2, 0.25) is 0 Å². The van der Waals surface area contributed by atoms with E-state index < -0.39 is 0 Å². The summed E-state index contributed by atoms with van der Waals surface area (Å²) in [6.45, 7) is 15.4. The predicted octanol–water partition coefficient (Wildman–Crippen LogP) is 10.3. The third-order valence-electron chi connectivity index (χ3n) is 9.36. The van der Waals surface area contributed by atoms with Crippen molar-refractivity contribution in [1.82, 2.24) is 9.80 Å². The molecule has 6 nitrogen and oxygen atoms in total. The fourth-order valence-corrected chi connectivity index (χ4v) is 6.18. The zero-order valence-corrected chi connectivity index (χ0v) is 32.0. The Labute approximate surface area is 289 Å². The summed E-state index contributed by atoms with van der Waals surface area (Å²) in [6.07, 6.45) is 34.0. The van der Waals surface area contributed by atoms with Crippen LogP contribution in [0.3, 0.4) is 0 Å². The molecule has 0 spiro atoms. The lowest BCUT2D eigenvalue weighted by Gasteiger charge is -2.28. The lowest BCUT2D eigenvalue weighted by atomic mass is 10.0. The quantitative estimate of drug-likeness (QED) is 0.0610. The van der Waals surface area contributed by atoms with E-state index in [0.29, 0.717) is 26.4 Å². The Morgan fingerprint density at radius 3 is 0.870 bits per heavy atom. The van der Waals surface area contributed by atoms with E-state index in [1.165, 1.54) is 167 Å². The van der Waals surface area contributed by atoms with Gasteiger partial charge < -0.3 is 23.8 Å². The van der Waals surface area contributed by atoms with Crippen molar-refractivity contribution < 1.29 is 18.9 Å². The van der Waals surface area contributed by atoms with Crippen LogP contribution in [0.15, 0.2) is 0 Å². The summed E-state index contributed by atoms with van der Waals surface area (Å²) in [5.74, 6) is 0. The molecule has 0 saturated carbocycles. The minimum absolute atomic E-state index is 0.659. The van der Waals surface area contributed by atoms with Crippen LogP contribution in [0.2, 0.25) is 0 Å². The Bertz CT molecular complexity index is 497. The van der Waals surface area contributed by atoms with Gasteiger partial charge in [-0.25, -0.2) is 0 Å². The van der Waals surface area contributed by atoms with Crippen molar-refractivity contribution in [1.29, 1.82) is 0 Å². The van der Waals surface area contributed by atoms with Gasteiger partial charge in [-0.3, -0.25) is 4.90 Å². The van der Waals surface area contributed by atoms with E-state index in [1.807, 2.05) is 0 Å². The average molecular weight is 657 g/mol. The molecular formula is C40H84N2O4. The highest BCUT2D eigenvalue weighted by atomic mass is 16.5. The molecule has 0 aliphatic heterocycles. The van der Waals surface area contributed by atoms with Crippen molar-refractivity contribution in [3.05, 3.63) is 0 Å². The molecule has 0 radical (unpaired) electrons. The maximum absolute atomic E-state index is 5.81. The molecule has 0 aliphatic carbocycles. The van der Waals surface area contributed by atoms with E-state index in [-0.39, 0.29) is 0 Å². The minimum atomic E-state index is 0.659. The molecule has 0 bridgehead atoms. The van der Waals surface area contributed by atoms with Crippen LogP contribution in [0.4, 0.5) is 0 Å². The molecule has 0 aromatic heterocycles. The van der Waals surface area contributed by atoms with Crippen LogP contribution >= 0.6 is 0 Å². The molecule has 0 fully saturated rings. The largest absolute Gasteiger partial charge is 0.382 e. The van der Waals surface area contributed by atoms with Crippen molar-refractivity contribution in [3.63, 3.8) is 0 Å². The van der Waals surface area contributed by atoms with Crippen LogP contribution in [0.5, 0.6) is 0 Å². The third kappa shape index (κ3) is 36.6. The second-order valence-electron chi connectivity index (χ2n) is 13.7. The van der Waals surface area contributed by atoms with Gasteiger partial charge in [-0.05, 0) is 25.9 Å². The molecule has 278 valence electrons. The smallest absolute Gasteiger partial charge is 0.0700 e. The van der Waals surface area contributed by atoms with Crippen LogP contribution in [0.1, 0.15) is 168 Å². The second kappa shape index (κ2) is 40.9. The summed E-state index contributed by atoms with van der Waals surface area (Å²) in [4.78, 5) is 5.29. The number of methoxy groups -OCH3 is 2. The topological polar surface area (TPSA) is 43.4 Å². The van der Waals surface area contributed by atoms with E-state index in [1.54, 1.807) is 14.2 Å². The molecule has 0 aromatic rings. The molecule has 0 rings (SSSR count). The first-order valence-corrected chi connectivity index (χ1v) is 20.4. The van der Waals surface area contributed by atoms with Crippen LogP contribution in [0, 0.1) is 0 Å². The van der Waals surface area contributed by atoms with Gasteiger partial charge in [0.05, 0.1) is 39.6 Å². The first kappa shape index (κ1) is 45.8. The first-order chi connectivity index (χ1) is 22.8. The van der Waals surface area contributed by atoms with E-state index in [0.717, 1.165) is 39.4 Å². The van der Waals surface area contributed by atoms with Crippen molar-refractivity contribution in [3.8, 4) is 0 Å². The number of nitrogens with zero attached hydrogens (tertiary/aromatic N) is 2. The predicted molar refractivity (Wildman–Crippen MR) is 200 cm³/mol. The van der Waals surface area contributed by atoms with E-state index >= 15 is 0 Å². The van der Waals surface area contributed by atoms with Crippen LogP contribution in [-0.2, 0) is 18.9 Å². The van der Waals surface area contributed by atoms with Crippen LogP contribution in [0.25, 0.3) is 0 Å². The second-order valence-corrected chi connectivity index (χ2v) is 13.7. The van der Waals surface area contributed by atoms with E-state index in [4.69, 9.17) is 18.9 Å². The summed E-state index contributed by atoms with van der Waals surface area (Å²) in [6, 6.07) is 0. The first-order valence-electron chi connectivity index (χ1n) is 20.4. The Balaban J connectivity index is 4.45. The zero-order valence-electron chi connectivity index (χ0n) is 32.0. The maximum atomic E-state index is 5.81. The highest BCUT2D eigenvalue weighted by Crippen LogP contribution is 2.14. The van der Waals surface area contributed by atoms with Gasteiger partial charge in [0, 0.05) is 40.4 Å². The van der Waals surface area contributed by atoms with Gasteiger partial charge in [0.15, 0.2) is 0 Å². The number of unbranched alkanes of at least 4 members (excludes halogenated alkanes) is 22. The fraction of sp³-hybridized carbons (Fsp3) is 1.00. The lowest BCUT2D eigenvalue weighted by Crippen LogP contribution is -2.39. The highest BCUT2D eigenvalue weighted by Gasteiger charge is 2.10.